The lowest BCUT2D eigenvalue weighted by Gasteiger charge is -2.34. The summed E-state index contributed by atoms with van der Waals surface area (Å²) in [6.07, 6.45) is 1.71. The highest BCUT2D eigenvalue weighted by Gasteiger charge is 2.21. The third-order valence-electron chi connectivity index (χ3n) is 3.32. The molecule has 2 heterocycles. The quantitative estimate of drug-likeness (QED) is 0.805. The van der Waals surface area contributed by atoms with Crippen molar-refractivity contribution in [1.82, 2.24) is 14.8 Å². The van der Waals surface area contributed by atoms with Crippen LogP contribution in [0.4, 0.5) is 5.13 Å². The fraction of sp³-hybridized carbons (Fsp3) is 0.667. The van der Waals surface area contributed by atoms with Crippen molar-refractivity contribution in [1.29, 1.82) is 0 Å². The molecule has 7 heteroatoms. The average Bonchev–Trinajstić information content (AvgIpc) is 2.94. The van der Waals surface area contributed by atoms with Crippen molar-refractivity contribution in [2.75, 3.05) is 57.8 Å². The van der Waals surface area contributed by atoms with Crippen LogP contribution in [0, 0.1) is 0 Å². The topological polar surface area (TPSA) is 59.9 Å². The van der Waals surface area contributed by atoms with E-state index in [0.717, 1.165) is 37.9 Å². The van der Waals surface area contributed by atoms with Crippen LogP contribution in [0.3, 0.4) is 0 Å². The molecule has 0 aliphatic carbocycles. The van der Waals surface area contributed by atoms with E-state index in [0.29, 0.717) is 6.54 Å². The summed E-state index contributed by atoms with van der Waals surface area (Å²) in [5, 5.41) is 11.5. The number of aliphatic hydroxyl groups is 1. The molecule has 19 heavy (non-hydrogen) atoms. The Hall–Kier alpha value is -1.02. The van der Waals surface area contributed by atoms with Gasteiger partial charge in [-0.3, -0.25) is 19.5 Å². The summed E-state index contributed by atoms with van der Waals surface area (Å²) in [6, 6.07) is 0. The number of hydrogen-bond donors (Lipinski definition) is 1. The first-order chi connectivity index (χ1) is 9.20. The lowest BCUT2D eigenvalue weighted by molar-refractivity contribution is -0.119. The minimum Gasteiger partial charge on any atom is -0.395 e. The molecule has 1 saturated heterocycles. The molecule has 1 aliphatic heterocycles. The van der Waals surface area contributed by atoms with Gasteiger partial charge in [0.05, 0.1) is 13.2 Å². The van der Waals surface area contributed by atoms with Crippen LogP contribution in [0.1, 0.15) is 0 Å². The predicted molar refractivity (Wildman–Crippen MR) is 75.5 cm³/mol. The monoisotopic (exact) mass is 284 g/mol. The highest BCUT2D eigenvalue weighted by molar-refractivity contribution is 7.13. The van der Waals surface area contributed by atoms with E-state index in [9.17, 15) is 4.79 Å². The molecule has 0 bridgehead atoms. The molecule has 106 valence electrons. The van der Waals surface area contributed by atoms with Crippen LogP contribution in [-0.4, -0.2) is 78.7 Å². The van der Waals surface area contributed by atoms with E-state index in [1.165, 1.54) is 11.3 Å². The second-order valence-corrected chi connectivity index (χ2v) is 5.48. The molecule has 2 rings (SSSR count). The Morgan fingerprint density at radius 1 is 1.42 bits per heavy atom. The summed E-state index contributed by atoms with van der Waals surface area (Å²) in [6.45, 7) is 4.92. The van der Waals surface area contributed by atoms with Gasteiger partial charge in [0, 0.05) is 51.3 Å². The Labute approximate surface area is 117 Å². The molecular formula is C12H20N4O2S. The van der Waals surface area contributed by atoms with Crippen LogP contribution in [0.25, 0.3) is 0 Å². The van der Waals surface area contributed by atoms with E-state index in [2.05, 4.69) is 14.8 Å². The van der Waals surface area contributed by atoms with E-state index < -0.39 is 0 Å². The number of piperazine rings is 1. The highest BCUT2D eigenvalue weighted by Crippen LogP contribution is 2.15. The lowest BCUT2D eigenvalue weighted by Crippen LogP contribution is -2.50. The Morgan fingerprint density at radius 2 is 2.11 bits per heavy atom. The largest absolute Gasteiger partial charge is 0.395 e. The summed E-state index contributed by atoms with van der Waals surface area (Å²) < 4.78 is 0. The van der Waals surface area contributed by atoms with Gasteiger partial charge < -0.3 is 5.11 Å². The SMILES string of the molecule is CN(C(=O)CN1CCN(CCO)CC1)c1nccs1. The Bertz CT molecular complexity index is 390. The van der Waals surface area contributed by atoms with Crippen molar-refractivity contribution in [3.8, 4) is 0 Å². The van der Waals surface area contributed by atoms with Gasteiger partial charge in [0.25, 0.3) is 0 Å². The van der Waals surface area contributed by atoms with Gasteiger partial charge in [-0.1, -0.05) is 0 Å². The molecule has 0 unspecified atom stereocenters. The zero-order valence-electron chi connectivity index (χ0n) is 11.2. The second kappa shape index (κ2) is 6.95. The Kier molecular flexibility index (Phi) is 5.26. The molecule has 0 atom stereocenters. The van der Waals surface area contributed by atoms with Crippen LogP contribution in [0.2, 0.25) is 0 Å². The first kappa shape index (κ1) is 14.4. The number of nitrogens with zero attached hydrogens (tertiary/aromatic N) is 4. The normalized spacial score (nSPS) is 17.6. The zero-order chi connectivity index (χ0) is 13.7. The molecule has 1 aliphatic rings. The Morgan fingerprint density at radius 3 is 2.68 bits per heavy atom. The van der Waals surface area contributed by atoms with Crippen molar-refractivity contribution in [3.63, 3.8) is 0 Å². The number of rotatable bonds is 5. The molecule has 0 radical (unpaired) electrons. The number of thiazole rings is 1. The summed E-state index contributed by atoms with van der Waals surface area (Å²) in [5.74, 6) is 0.0746. The third-order valence-corrected chi connectivity index (χ3v) is 4.17. The lowest BCUT2D eigenvalue weighted by atomic mass is 10.3. The van der Waals surface area contributed by atoms with E-state index in [1.807, 2.05) is 5.38 Å². The number of carbonyl (C=O) groups is 1. The summed E-state index contributed by atoms with van der Waals surface area (Å²) in [4.78, 5) is 22.2. The van der Waals surface area contributed by atoms with Gasteiger partial charge in [-0.15, -0.1) is 11.3 Å². The first-order valence-electron chi connectivity index (χ1n) is 6.42. The van der Waals surface area contributed by atoms with Crippen LogP contribution in [-0.2, 0) is 4.79 Å². The fourth-order valence-electron chi connectivity index (χ4n) is 2.10. The van der Waals surface area contributed by atoms with Gasteiger partial charge in [-0.25, -0.2) is 4.98 Å². The standard InChI is InChI=1S/C12H20N4O2S/c1-14(12-13-2-9-19-12)11(18)10-16-5-3-15(4-6-16)7-8-17/h2,9,17H,3-8,10H2,1H3. The van der Waals surface area contributed by atoms with E-state index in [1.54, 1.807) is 18.1 Å². The van der Waals surface area contributed by atoms with Crippen molar-refractivity contribution < 1.29 is 9.90 Å². The van der Waals surface area contributed by atoms with Crippen LogP contribution in [0.5, 0.6) is 0 Å². The molecule has 0 saturated carbocycles. The minimum atomic E-state index is 0.0746. The number of hydrogen-bond acceptors (Lipinski definition) is 6. The molecule has 1 aromatic rings. The number of anilines is 1. The maximum Gasteiger partial charge on any atom is 0.242 e. The number of carbonyl (C=O) groups excluding carboxylic acids is 1. The number of aromatic nitrogens is 1. The molecule has 1 aromatic heterocycles. The molecule has 6 nitrogen and oxygen atoms in total. The van der Waals surface area contributed by atoms with Gasteiger partial charge in [0.1, 0.15) is 0 Å². The molecule has 0 aromatic carbocycles. The van der Waals surface area contributed by atoms with Crippen molar-refractivity contribution in [2.45, 2.75) is 0 Å². The van der Waals surface area contributed by atoms with Crippen LogP contribution < -0.4 is 4.90 Å². The van der Waals surface area contributed by atoms with E-state index >= 15 is 0 Å². The van der Waals surface area contributed by atoms with Crippen LogP contribution in [0.15, 0.2) is 11.6 Å². The Balaban J connectivity index is 1.77. The number of aliphatic hydroxyl groups excluding tert-OH is 1. The van der Waals surface area contributed by atoms with Gasteiger partial charge in [0.15, 0.2) is 5.13 Å². The summed E-state index contributed by atoms with van der Waals surface area (Å²) >= 11 is 1.47. The highest BCUT2D eigenvalue weighted by atomic mass is 32.1. The smallest absolute Gasteiger partial charge is 0.242 e. The zero-order valence-corrected chi connectivity index (χ0v) is 12.0. The van der Waals surface area contributed by atoms with Gasteiger partial charge in [-0.05, 0) is 0 Å². The average molecular weight is 284 g/mol. The van der Waals surface area contributed by atoms with E-state index in [4.69, 9.17) is 5.11 Å². The second-order valence-electron chi connectivity index (χ2n) is 4.61. The van der Waals surface area contributed by atoms with Crippen molar-refractivity contribution >= 4 is 22.4 Å². The molecule has 1 amide bonds. The fourth-order valence-corrected chi connectivity index (χ4v) is 2.72. The molecule has 1 N–H and O–H groups in total. The minimum absolute atomic E-state index is 0.0746. The molecule has 1 fully saturated rings. The molecule has 0 spiro atoms. The maximum absolute atomic E-state index is 12.1. The summed E-state index contributed by atoms with van der Waals surface area (Å²) in [5.41, 5.74) is 0. The van der Waals surface area contributed by atoms with Gasteiger partial charge >= 0.3 is 0 Å². The summed E-state index contributed by atoms with van der Waals surface area (Å²) in [7, 11) is 1.77. The number of amides is 1. The van der Waals surface area contributed by atoms with Gasteiger partial charge in [-0.2, -0.15) is 0 Å². The third kappa shape index (κ3) is 3.97. The first-order valence-corrected chi connectivity index (χ1v) is 7.30. The molecular weight excluding hydrogens is 264 g/mol. The number of likely N-dealkylation sites (N-methyl/N-ethyl adjacent to an activating group) is 1. The van der Waals surface area contributed by atoms with Crippen molar-refractivity contribution in [3.05, 3.63) is 11.6 Å². The predicted octanol–water partition coefficient (Wildman–Crippen LogP) is -0.284. The number of β-amino-alcohol motifs (C(OH)–C–C–N with tert-alkyl or cyclic N) is 1. The van der Waals surface area contributed by atoms with Gasteiger partial charge in [0.2, 0.25) is 5.91 Å². The van der Waals surface area contributed by atoms with Crippen molar-refractivity contribution in [2.24, 2.45) is 0 Å². The van der Waals surface area contributed by atoms with E-state index in [-0.39, 0.29) is 12.5 Å². The van der Waals surface area contributed by atoms with Crippen LogP contribution >= 0.6 is 11.3 Å². The maximum atomic E-state index is 12.1.